The molecule has 1 heterocycles. The van der Waals surface area contributed by atoms with E-state index in [1.54, 1.807) is 19.1 Å². The Bertz CT molecular complexity index is 928. The average Bonchev–Trinajstić information content (AvgIpc) is 2.78. The number of ether oxygens (including phenoxy) is 1. The minimum Gasteiger partial charge on any atom is -1.00 e. The SMILES string of the molecule is CCOC(=O)C(CCc1ccccc1)NCC(=O)N1c2ccccc2CCC1C(=O)O.[H-].[Na+]. The summed E-state index contributed by atoms with van der Waals surface area (Å²) in [4.78, 5) is 38.6. The summed E-state index contributed by atoms with van der Waals surface area (Å²) in [7, 11) is 0. The number of nitrogens with zero attached hydrogens (tertiary/aromatic N) is 1. The van der Waals surface area contributed by atoms with Crippen LogP contribution < -0.4 is 39.8 Å². The van der Waals surface area contributed by atoms with Gasteiger partial charge in [0.15, 0.2) is 0 Å². The van der Waals surface area contributed by atoms with Gasteiger partial charge in [0.2, 0.25) is 5.91 Å². The molecular weight excluding hydrogens is 419 g/mol. The van der Waals surface area contributed by atoms with Crippen LogP contribution in [0, 0.1) is 0 Å². The van der Waals surface area contributed by atoms with Gasteiger partial charge in [-0.05, 0) is 49.8 Å². The normalized spacial score (nSPS) is 15.8. The average molecular weight is 448 g/mol. The third-order valence-corrected chi connectivity index (χ3v) is 5.44. The quantitative estimate of drug-likeness (QED) is 0.404. The first kappa shape index (κ1) is 26.1. The molecule has 32 heavy (non-hydrogen) atoms. The van der Waals surface area contributed by atoms with Crippen molar-refractivity contribution in [3.63, 3.8) is 0 Å². The van der Waals surface area contributed by atoms with Gasteiger partial charge in [0.25, 0.3) is 0 Å². The fraction of sp³-hybridized carbons (Fsp3) is 0.375. The molecule has 1 aliphatic heterocycles. The van der Waals surface area contributed by atoms with Crippen LogP contribution in [0.2, 0.25) is 0 Å². The molecule has 3 rings (SSSR count). The monoisotopic (exact) mass is 448 g/mol. The van der Waals surface area contributed by atoms with E-state index in [-0.39, 0.29) is 50.0 Å². The molecule has 2 atom stereocenters. The molecule has 2 unspecified atom stereocenters. The summed E-state index contributed by atoms with van der Waals surface area (Å²) >= 11 is 0. The van der Waals surface area contributed by atoms with Gasteiger partial charge in [-0.2, -0.15) is 0 Å². The number of aryl methyl sites for hydroxylation is 2. The first-order chi connectivity index (χ1) is 15.0. The number of benzene rings is 2. The van der Waals surface area contributed by atoms with Crippen molar-refractivity contribution in [1.29, 1.82) is 0 Å². The second kappa shape index (κ2) is 12.7. The van der Waals surface area contributed by atoms with Crippen molar-refractivity contribution in [3.05, 3.63) is 65.7 Å². The van der Waals surface area contributed by atoms with Crippen molar-refractivity contribution >= 4 is 23.5 Å². The summed E-state index contributed by atoms with van der Waals surface area (Å²) in [5.74, 6) is -1.83. The van der Waals surface area contributed by atoms with Gasteiger partial charge in [0.05, 0.1) is 13.2 Å². The van der Waals surface area contributed by atoms with Gasteiger partial charge in [-0.1, -0.05) is 48.5 Å². The number of hydrogen-bond donors (Lipinski definition) is 2. The molecule has 8 heteroatoms. The van der Waals surface area contributed by atoms with Crippen LogP contribution in [0.4, 0.5) is 5.69 Å². The number of esters is 1. The van der Waals surface area contributed by atoms with E-state index in [2.05, 4.69) is 5.32 Å². The number of carbonyl (C=O) groups is 3. The summed E-state index contributed by atoms with van der Waals surface area (Å²) in [6, 6.07) is 15.5. The second-order valence-electron chi connectivity index (χ2n) is 7.49. The van der Waals surface area contributed by atoms with E-state index >= 15 is 0 Å². The molecule has 0 aromatic heterocycles. The number of carboxylic acids is 1. The molecule has 0 radical (unpaired) electrons. The van der Waals surface area contributed by atoms with Gasteiger partial charge in [0, 0.05) is 5.69 Å². The number of para-hydroxylation sites is 1. The van der Waals surface area contributed by atoms with Crippen LogP contribution >= 0.6 is 0 Å². The zero-order valence-electron chi connectivity index (χ0n) is 19.6. The summed E-state index contributed by atoms with van der Waals surface area (Å²) in [5, 5.41) is 12.6. The number of carbonyl (C=O) groups excluding carboxylic acids is 2. The number of hydrogen-bond acceptors (Lipinski definition) is 5. The Morgan fingerprint density at radius 2 is 1.84 bits per heavy atom. The van der Waals surface area contributed by atoms with Crippen LogP contribution in [0.3, 0.4) is 0 Å². The van der Waals surface area contributed by atoms with Gasteiger partial charge >= 0.3 is 41.5 Å². The molecule has 166 valence electrons. The third kappa shape index (κ3) is 6.65. The third-order valence-electron chi connectivity index (χ3n) is 5.44. The van der Waals surface area contributed by atoms with Crippen molar-refractivity contribution in [3.8, 4) is 0 Å². The predicted octanol–water partition coefficient (Wildman–Crippen LogP) is -0.310. The van der Waals surface area contributed by atoms with Crippen LogP contribution in [-0.4, -0.2) is 48.2 Å². The van der Waals surface area contributed by atoms with Crippen molar-refractivity contribution in [2.75, 3.05) is 18.1 Å². The predicted molar refractivity (Wildman–Crippen MR) is 118 cm³/mol. The van der Waals surface area contributed by atoms with E-state index in [4.69, 9.17) is 4.74 Å². The molecule has 0 saturated heterocycles. The molecule has 0 bridgehead atoms. The van der Waals surface area contributed by atoms with Crippen molar-refractivity contribution in [2.45, 2.75) is 44.7 Å². The number of anilines is 1. The summed E-state index contributed by atoms with van der Waals surface area (Å²) in [6.45, 7) is 1.83. The molecule has 0 spiro atoms. The molecule has 2 N–H and O–H groups in total. The minimum absolute atomic E-state index is 0. The summed E-state index contributed by atoms with van der Waals surface area (Å²) in [6.07, 6.45) is 2.07. The molecule has 0 aliphatic carbocycles. The molecule has 2 aromatic rings. The van der Waals surface area contributed by atoms with Gasteiger partial charge in [0.1, 0.15) is 12.1 Å². The second-order valence-corrected chi connectivity index (χ2v) is 7.49. The molecule has 7 nitrogen and oxygen atoms in total. The number of nitrogens with one attached hydrogen (secondary N) is 1. The minimum atomic E-state index is -1.03. The van der Waals surface area contributed by atoms with E-state index in [0.29, 0.717) is 31.4 Å². The maximum atomic E-state index is 13.1. The number of amides is 1. The standard InChI is InChI=1S/C24H28N2O5.Na.H/c1-2-31-24(30)19(14-12-17-8-4-3-5-9-17)25-16-22(27)26-20-11-7-6-10-18(20)13-15-21(26)23(28)29;;/h3-11,19,21,25H,2,12-16H2,1H3,(H,28,29);;/q;+1;-1. The molecule has 1 aliphatic rings. The van der Waals surface area contributed by atoms with Crippen LogP contribution in [0.1, 0.15) is 32.3 Å². The molecule has 2 aromatic carbocycles. The largest absolute Gasteiger partial charge is 1.00 e. The van der Waals surface area contributed by atoms with Crippen LogP contribution in [0.15, 0.2) is 54.6 Å². The first-order valence-electron chi connectivity index (χ1n) is 10.6. The van der Waals surface area contributed by atoms with Gasteiger partial charge < -0.3 is 11.3 Å². The smallest absolute Gasteiger partial charge is 1.00 e. The van der Waals surface area contributed by atoms with Crippen molar-refractivity contribution in [1.82, 2.24) is 5.32 Å². The number of aliphatic carboxylic acids is 1. The Morgan fingerprint density at radius 3 is 2.53 bits per heavy atom. The number of carboxylic acid groups (broad SMARTS) is 1. The molecule has 0 saturated carbocycles. The Hall–Kier alpha value is -2.19. The van der Waals surface area contributed by atoms with Gasteiger partial charge in [-0.15, -0.1) is 0 Å². The molecule has 1 amide bonds. The van der Waals surface area contributed by atoms with E-state index in [1.807, 2.05) is 42.5 Å². The molecular formula is C24H29N2NaO5. The summed E-state index contributed by atoms with van der Waals surface area (Å²) in [5.41, 5.74) is 2.64. The van der Waals surface area contributed by atoms with Crippen LogP contribution in [0.5, 0.6) is 0 Å². The topological polar surface area (TPSA) is 95.9 Å². The van der Waals surface area contributed by atoms with E-state index in [9.17, 15) is 19.5 Å². The number of fused-ring (bicyclic) bond motifs is 1. The molecule has 0 fully saturated rings. The Kier molecular flexibility index (Phi) is 10.4. The fourth-order valence-electron chi connectivity index (χ4n) is 3.89. The first-order valence-corrected chi connectivity index (χ1v) is 10.6. The van der Waals surface area contributed by atoms with E-state index in [1.165, 1.54) is 4.90 Å². The zero-order valence-corrected chi connectivity index (χ0v) is 20.6. The maximum absolute atomic E-state index is 13.1. The van der Waals surface area contributed by atoms with Gasteiger partial charge in [-0.3, -0.25) is 19.8 Å². The fourth-order valence-corrected chi connectivity index (χ4v) is 3.89. The van der Waals surface area contributed by atoms with Crippen molar-refractivity contribution < 1.29 is 55.2 Å². The van der Waals surface area contributed by atoms with Crippen LogP contribution in [0.25, 0.3) is 0 Å². The van der Waals surface area contributed by atoms with Crippen LogP contribution in [-0.2, 0) is 32.0 Å². The Labute approximate surface area is 211 Å². The Balaban J connectivity index is 0.00000272. The summed E-state index contributed by atoms with van der Waals surface area (Å²) < 4.78 is 5.17. The maximum Gasteiger partial charge on any atom is 1.00 e. The van der Waals surface area contributed by atoms with E-state index in [0.717, 1.165) is 11.1 Å². The van der Waals surface area contributed by atoms with Gasteiger partial charge in [-0.25, -0.2) is 4.79 Å². The number of rotatable bonds is 9. The van der Waals surface area contributed by atoms with Crippen molar-refractivity contribution in [2.24, 2.45) is 0 Å². The zero-order chi connectivity index (χ0) is 22.2. The Morgan fingerprint density at radius 1 is 1.16 bits per heavy atom. The van der Waals surface area contributed by atoms with E-state index < -0.39 is 24.0 Å².